The molecule has 0 radical (unpaired) electrons. The van der Waals surface area contributed by atoms with Crippen LogP contribution >= 0.6 is 0 Å². The van der Waals surface area contributed by atoms with Gasteiger partial charge in [-0.1, -0.05) is 37.6 Å². The summed E-state index contributed by atoms with van der Waals surface area (Å²) in [5.74, 6) is 0.281. The summed E-state index contributed by atoms with van der Waals surface area (Å²) in [5.41, 5.74) is 3.36. The molecule has 1 aromatic rings. The van der Waals surface area contributed by atoms with Gasteiger partial charge in [-0.15, -0.1) is 0 Å². The third-order valence-electron chi connectivity index (χ3n) is 4.06. The lowest BCUT2D eigenvalue weighted by Crippen LogP contribution is -2.33. The summed E-state index contributed by atoms with van der Waals surface area (Å²) in [6.45, 7) is 9.76. The smallest absolute Gasteiger partial charge is 0.155 e. The fourth-order valence-electron chi connectivity index (χ4n) is 2.26. The van der Waals surface area contributed by atoms with E-state index in [2.05, 4.69) is 17.4 Å². The molecule has 0 aliphatic heterocycles. The van der Waals surface area contributed by atoms with Gasteiger partial charge in [-0.2, -0.15) is 0 Å². The van der Waals surface area contributed by atoms with Crippen molar-refractivity contribution in [1.29, 1.82) is 0 Å². The summed E-state index contributed by atoms with van der Waals surface area (Å²) in [7, 11) is -1.29. The van der Waals surface area contributed by atoms with Crippen molar-refractivity contribution in [2.75, 3.05) is 12.8 Å². The molecule has 1 aromatic carbocycles. The summed E-state index contributed by atoms with van der Waals surface area (Å²) in [6.07, 6.45) is 0. The minimum atomic E-state index is -3.11. The van der Waals surface area contributed by atoms with Gasteiger partial charge in [0.05, 0.1) is 11.0 Å². The Morgan fingerprint density at radius 2 is 1.75 bits per heavy atom. The summed E-state index contributed by atoms with van der Waals surface area (Å²) in [6, 6.07) is 6.03. The van der Waals surface area contributed by atoms with E-state index < -0.39 is 9.84 Å². The van der Waals surface area contributed by atoms with Crippen LogP contribution in [0.5, 0.6) is 0 Å². The normalized spacial score (nSPS) is 15.3. The highest BCUT2D eigenvalue weighted by molar-refractivity contribution is 7.92. The Hall–Kier alpha value is -0.870. The predicted molar refractivity (Wildman–Crippen MR) is 85.8 cm³/mol. The van der Waals surface area contributed by atoms with Crippen molar-refractivity contribution in [3.8, 4) is 0 Å². The lowest BCUT2D eigenvalue weighted by molar-refractivity contribution is 0.532. The monoisotopic (exact) mass is 297 g/mol. The average molecular weight is 297 g/mol. The van der Waals surface area contributed by atoms with E-state index >= 15 is 0 Å². The molecular weight excluding hydrogens is 270 g/mol. The molecule has 0 saturated carbocycles. The Balaban J connectivity index is 3.07. The third-order valence-corrected chi connectivity index (χ3v) is 6.54. The molecule has 0 fully saturated rings. The van der Waals surface area contributed by atoms with Crippen LogP contribution in [0.25, 0.3) is 0 Å². The highest BCUT2D eigenvalue weighted by atomic mass is 32.2. The topological polar surface area (TPSA) is 46.2 Å². The molecule has 0 saturated heterocycles. The second-order valence-electron chi connectivity index (χ2n) is 5.98. The number of benzene rings is 1. The van der Waals surface area contributed by atoms with Crippen LogP contribution < -0.4 is 5.32 Å². The van der Waals surface area contributed by atoms with Crippen LogP contribution in [0, 0.1) is 19.8 Å². The summed E-state index contributed by atoms with van der Waals surface area (Å²) in [5, 5.41) is 2.84. The standard InChI is InChI=1S/C16H27NO2S/c1-11(2)14(5)20(18,19)10-16(17-6)15-9-12(3)7-8-13(15)4/h7-9,11,14,16-17H,10H2,1-6H3. The molecular formula is C16H27NO2S. The van der Waals surface area contributed by atoms with E-state index in [0.717, 1.165) is 16.7 Å². The van der Waals surface area contributed by atoms with Crippen LogP contribution in [0.4, 0.5) is 0 Å². The van der Waals surface area contributed by atoms with Gasteiger partial charge >= 0.3 is 0 Å². The molecule has 1 N–H and O–H groups in total. The highest BCUT2D eigenvalue weighted by Gasteiger charge is 2.28. The zero-order valence-electron chi connectivity index (χ0n) is 13.4. The van der Waals surface area contributed by atoms with E-state index in [1.807, 2.05) is 40.8 Å². The molecule has 20 heavy (non-hydrogen) atoms. The third kappa shape index (κ3) is 4.06. The number of hydrogen-bond acceptors (Lipinski definition) is 3. The average Bonchev–Trinajstić information content (AvgIpc) is 2.38. The van der Waals surface area contributed by atoms with Crippen molar-refractivity contribution < 1.29 is 8.42 Å². The van der Waals surface area contributed by atoms with Gasteiger partial charge in [0.2, 0.25) is 0 Å². The van der Waals surface area contributed by atoms with E-state index in [-0.39, 0.29) is 23.0 Å². The zero-order chi connectivity index (χ0) is 15.5. The van der Waals surface area contributed by atoms with Gasteiger partial charge < -0.3 is 5.32 Å². The first-order valence-corrected chi connectivity index (χ1v) is 8.86. The van der Waals surface area contributed by atoms with Crippen LogP contribution in [0.3, 0.4) is 0 Å². The maximum absolute atomic E-state index is 12.5. The minimum Gasteiger partial charge on any atom is -0.312 e. The van der Waals surface area contributed by atoms with Crippen LogP contribution in [0.2, 0.25) is 0 Å². The summed E-state index contributed by atoms with van der Waals surface area (Å²) in [4.78, 5) is 0. The molecule has 114 valence electrons. The first-order chi connectivity index (χ1) is 9.19. The minimum absolute atomic E-state index is 0.135. The SMILES string of the molecule is CNC(CS(=O)(=O)C(C)C(C)C)c1cc(C)ccc1C. The number of sulfone groups is 1. The summed E-state index contributed by atoms with van der Waals surface area (Å²) < 4.78 is 24.9. The summed E-state index contributed by atoms with van der Waals surface area (Å²) >= 11 is 0. The molecule has 1 rings (SSSR count). The lowest BCUT2D eigenvalue weighted by atomic mass is 10.0. The number of hydrogen-bond donors (Lipinski definition) is 1. The molecule has 0 aromatic heterocycles. The lowest BCUT2D eigenvalue weighted by Gasteiger charge is -2.23. The van der Waals surface area contributed by atoms with Crippen molar-refractivity contribution in [3.05, 3.63) is 34.9 Å². The van der Waals surface area contributed by atoms with Gasteiger partial charge in [-0.05, 0) is 44.9 Å². The molecule has 0 spiro atoms. The Morgan fingerprint density at radius 3 is 2.25 bits per heavy atom. The zero-order valence-corrected chi connectivity index (χ0v) is 14.2. The number of nitrogens with one attached hydrogen (secondary N) is 1. The van der Waals surface area contributed by atoms with Crippen LogP contribution in [0.15, 0.2) is 18.2 Å². The first-order valence-electron chi connectivity index (χ1n) is 7.15. The van der Waals surface area contributed by atoms with Gasteiger partial charge in [0.15, 0.2) is 9.84 Å². The van der Waals surface area contributed by atoms with Gasteiger partial charge in [0, 0.05) is 6.04 Å². The van der Waals surface area contributed by atoms with Gasteiger partial charge in [-0.25, -0.2) is 8.42 Å². The van der Waals surface area contributed by atoms with E-state index in [1.165, 1.54) is 0 Å². The van der Waals surface area contributed by atoms with E-state index in [1.54, 1.807) is 6.92 Å². The highest BCUT2D eigenvalue weighted by Crippen LogP contribution is 2.23. The number of aryl methyl sites for hydroxylation is 2. The fourth-order valence-corrected chi connectivity index (χ4v) is 4.21. The molecule has 2 unspecified atom stereocenters. The van der Waals surface area contributed by atoms with Crippen molar-refractivity contribution >= 4 is 9.84 Å². The van der Waals surface area contributed by atoms with Gasteiger partial charge in [-0.3, -0.25) is 0 Å². The Morgan fingerprint density at radius 1 is 1.15 bits per heavy atom. The number of rotatable bonds is 6. The van der Waals surface area contributed by atoms with Crippen molar-refractivity contribution in [2.45, 2.75) is 45.9 Å². The molecule has 0 aliphatic rings. The van der Waals surface area contributed by atoms with Gasteiger partial charge in [0.25, 0.3) is 0 Å². The molecule has 0 amide bonds. The fraction of sp³-hybridized carbons (Fsp3) is 0.625. The quantitative estimate of drug-likeness (QED) is 0.878. The maximum Gasteiger partial charge on any atom is 0.155 e. The Bertz CT molecular complexity index is 550. The first kappa shape index (κ1) is 17.2. The molecule has 2 atom stereocenters. The molecule has 3 nitrogen and oxygen atoms in total. The van der Waals surface area contributed by atoms with Crippen molar-refractivity contribution in [2.24, 2.45) is 5.92 Å². The van der Waals surface area contributed by atoms with E-state index in [9.17, 15) is 8.42 Å². The Labute approximate surface area is 123 Å². The van der Waals surface area contributed by atoms with Crippen LogP contribution in [0.1, 0.15) is 43.5 Å². The van der Waals surface area contributed by atoms with Crippen LogP contribution in [-0.2, 0) is 9.84 Å². The van der Waals surface area contributed by atoms with E-state index in [4.69, 9.17) is 0 Å². The van der Waals surface area contributed by atoms with Crippen LogP contribution in [-0.4, -0.2) is 26.5 Å². The largest absolute Gasteiger partial charge is 0.312 e. The van der Waals surface area contributed by atoms with Crippen molar-refractivity contribution in [3.63, 3.8) is 0 Å². The Kier molecular flexibility index (Phi) is 5.78. The van der Waals surface area contributed by atoms with Gasteiger partial charge in [0.1, 0.15) is 0 Å². The second-order valence-corrected chi connectivity index (χ2v) is 8.38. The molecule has 0 heterocycles. The van der Waals surface area contributed by atoms with E-state index in [0.29, 0.717) is 0 Å². The molecule has 0 bridgehead atoms. The second kappa shape index (κ2) is 6.72. The predicted octanol–water partition coefficient (Wildman–Crippen LogP) is 3.02. The maximum atomic E-state index is 12.5. The van der Waals surface area contributed by atoms with Crippen molar-refractivity contribution in [1.82, 2.24) is 5.32 Å². The molecule has 4 heteroatoms. The molecule has 0 aliphatic carbocycles.